The molecule has 0 atom stereocenters. The fourth-order valence-electron chi connectivity index (χ4n) is 3.26. The summed E-state index contributed by atoms with van der Waals surface area (Å²) in [6, 6.07) is 19.5. The summed E-state index contributed by atoms with van der Waals surface area (Å²) in [5, 5.41) is 2.60. The van der Waals surface area contributed by atoms with Gasteiger partial charge in [0.1, 0.15) is 0 Å². The van der Waals surface area contributed by atoms with Crippen LogP contribution in [0.1, 0.15) is 27.6 Å². The van der Waals surface area contributed by atoms with Gasteiger partial charge in [-0.2, -0.15) is 0 Å². The number of amides is 1. The van der Waals surface area contributed by atoms with Crippen LogP contribution >= 0.6 is 0 Å². The van der Waals surface area contributed by atoms with Gasteiger partial charge < -0.3 is 19.5 Å². The molecule has 0 fully saturated rings. The van der Waals surface area contributed by atoms with Crippen LogP contribution in [0.15, 0.2) is 66.7 Å². The van der Waals surface area contributed by atoms with Crippen molar-refractivity contribution in [2.75, 3.05) is 18.7 Å². The number of ketones is 1. The number of benzene rings is 3. The van der Waals surface area contributed by atoms with Crippen molar-refractivity contribution in [1.82, 2.24) is 0 Å². The molecule has 0 saturated heterocycles. The van der Waals surface area contributed by atoms with Gasteiger partial charge in [-0.25, -0.2) is 4.79 Å². The predicted molar refractivity (Wildman–Crippen MR) is 113 cm³/mol. The van der Waals surface area contributed by atoms with Crippen molar-refractivity contribution >= 4 is 23.3 Å². The van der Waals surface area contributed by atoms with E-state index in [4.69, 9.17) is 14.2 Å². The molecule has 3 aromatic rings. The van der Waals surface area contributed by atoms with E-state index in [9.17, 15) is 14.4 Å². The van der Waals surface area contributed by atoms with Crippen LogP contribution in [0, 0.1) is 0 Å². The highest BCUT2D eigenvalue weighted by Crippen LogP contribution is 2.37. The van der Waals surface area contributed by atoms with Crippen LogP contribution in [0.5, 0.6) is 11.5 Å². The number of fused-ring (bicyclic) bond motifs is 1. The number of Topliss-reactive ketones (excluding diaryl/α,β-unsaturated/α-hetero) is 1. The Kier molecular flexibility index (Phi) is 5.66. The highest BCUT2D eigenvalue weighted by Gasteiger charge is 2.21. The highest BCUT2D eigenvalue weighted by atomic mass is 16.7. The minimum Gasteiger partial charge on any atom is -0.454 e. The number of nitrogens with one attached hydrogen (secondary N) is 1. The predicted octanol–water partition coefficient (Wildman–Crippen LogP) is 4.08. The van der Waals surface area contributed by atoms with E-state index in [2.05, 4.69) is 5.32 Å². The number of hydrogen-bond acceptors (Lipinski definition) is 6. The van der Waals surface area contributed by atoms with Crippen LogP contribution < -0.4 is 14.8 Å². The lowest BCUT2D eigenvalue weighted by atomic mass is 10.00. The second-order valence-corrected chi connectivity index (χ2v) is 6.84. The van der Waals surface area contributed by atoms with Gasteiger partial charge in [-0.05, 0) is 30.2 Å². The van der Waals surface area contributed by atoms with Gasteiger partial charge in [0, 0.05) is 11.6 Å². The van der Waals surface area contributed by atoms with Gasteiger partial charge in [0.25, 0.3) is 5.91 Å². The van der Waals surface area contributed by atoms with Crippen LogP contribution in [0.2, 0.25) is 0 Å². The Morgan fingerprint density at radius 1 is 0.903 bits per heavy atom. The average molecular weight is 417 g/mol. The van der Waals surface area contributed by atoms with E-state index in [-0.39, 0.29) is 23.8 Å². The van der Waals surface area contributed by atoms with Crippen molar-refractivity contribution in [2.45, 2.75) is 6.92 Å². The summed E-state index contributed by atoms with van der Waals surface area (Å²) < 4.78 is 15.8. The van der Waals surface area contributed by atoms with Crippen LogP contribution in [0.4, 0.5) is 5.69 Å². The molecule has 1 aliphatic rings. The fourth-order valence-corrected chi connectivity index (χ4v) is 3.26. The molecular formula is C24H19NO6. The highest BCUT2D eigenvalue weighted by molar-refractivity contribution is 6.05. The molecule has 0 radical (unpaired) electrons. The Labute approximate surface area is 178 Å². The number of hydrogen-bond donors (Lipinski definition) is 1. The summed E-state index contributed by atoms with van der Waals surface area (Å²) in [6.45, 7) is 0.921. The van der Waals surface area contributed by atoms with E-state index >= 15 is 0 Å². The number of ether oxygens (including phenoxy) is 3. The first-order chi connectivity index (χ1) is 15.0. The third-order valence-electron chi connectivity index (χ3n) is 4.73. The number of rotatable bonds is 6. The van der Waals surface area contributed by atoms with Crippen molar-refractivity contribution in [3.05, 3.63) is 77.9 Å². The van der Waals surface area contributed by atoms with E-state index < -0.39 is 18.5 Å². The van der Waals surface area contributed by atoms with Gasteiger partial charge >= 0.3 is 5.97 Å². The number of carbonyl (C=O) groups is 3. The van der Waals surface area contributed by atoms with Crippen molar-refractivity contribution in [3.8, 4) is 22.6 Å². The van der Waals surface area contributed by atoms with Crippen molar-refractivity contribution < 1.29 is 28.6 Å². The lowest BCUT2D eigenvalue weighted by molar-refractivity contribution is -0.119. The Hall–Kier alpha value is -4.13. The lowest BCUT2D eigenvalue weighted by Crippen LogP contribution is -2.22. The van der Waals surface area contributed by atoms with Gasteiger partial charge in [0.15, 0.2) is 23.9 Å². The molecule has 0 spiro atoms. The van der Waals surface area contributed by atoms with Gasteiger partial charge in [-0.1, -0.05) is 48.5 Å². The molecule has 7 heteroatoms. The molecule has 0 aromatic heterocycles. The van der Waals surface area contributed by atoms with E-state index in [0.29, 0.717) is 22.6 Å². The molecule has 4 rings (SSSR count). The van der Waals surface area contributed by atoms with Gasteiger partial charge in [-0.3, -0.25) is 9.59 Å². The molecule has 31 heavy (non-hydrogen) atoms. The Morgan fingerprint density at radius 2 is 1.58 bits per heavy atom. The lowest BCUT2D eigenvalue weighted by Gasteiger charge is -2.12. The summed E-state index contributed by atoms with van der Waals surface area (Å²) in [4.78, 5) is 37.0. The van der Waals surface area contributed by atoms with Gasteiger partial charge in [0.05, 0.1) is 11.3 Å². The first-order valence-electron chi connectivity index (χ1n) is 9.59. The molecule has 1 N–H and O–H groups in total. The maximum Gasteiger partial charge on any atom is 0.339 e. The maximum absolute atomic E-state index is 12.6. The van der Waals surface area contributed by atoms with E-state index in [1.165, 1.54) is 19.1 Å². The normalized spacial score (nSPS) is 11.6. The summed E-state index contributed by atoms with van der Waals surface area (Å²) in [5.74, 6) is -0.581. The Bertz CT molecular complexity index is 1160. The van der Waals surface area contributed by atoms with Crippen molar-refractivity contribution in [1.29, 1.82) is 0 Å². The van der Waals surface area contributed by atoms with Crippen LogP contribution in [0.3, 0.4) is 0 Å². The van der Waals surface area contributed by atoms with Crippen LogP contribution in [0.25, 0.3) is 11.1 Å². The van der Waals surface area contributed by atoms with Gasteiger partial charge in [0.2, 0.25) is 6.79 Å². The number of esters is 1. The SMILES string of the molecule is CC(=O)c1cc2c(cc1NC(=O)COC(=O)c1ccccc1-c1ccccc1)OCO2. The first-order valence-corrected chi connectivity index (χ1v) is 9.59. The molecule has 3 aromatic carbocycles. The molecule has 0 saturated carbocycles. The monoisotopic (exact) mass is 417 g/mol. The van der Waals surface area contributed by atoms with Gasteiger partial charge in [-0.15, -0.1) is 0 Å². The zero-order valence-electron chi connectivity index (χ0n) is 16.7. The second-order valence-electron chi connectivity index (χ2n) is 6.84. The zero-order valence-corrected chi connectivity index (χ0v) is 16.7. The standard InChI is InChI=1S/C24H19NO6/c1-15(26)19-11-21-22(31-14-30-21)12-20(19)25-23(27)13-29-24(28)18-10-6-5-9-17(18)16-7-3-2-4-8-16/h2-12H,13-14H2,1H3,(H,25,27). The van der Waals surface area contributed by atoms with E-state index in [0.717, 1.165) is 5.56 Å². The molecule has 1 heterocycles. The van der Waals surface area contributed by atoms with Crippen LogP contribution in [-0.2, 0) is 9.53 Å². The molecule has 1 aliphatic heterocycles. The topological polar surface area (TPSA) is 90.9 Å². The fraction of sp³-hybridized carbons (Fsp3) is 0.125. The smallest absolute Gasteiger partial charge is 0.339 e. The minimum absolute atomic E-state index is 0.0442. The number of anilines is 1. The first kappa shape index (κ1) is 20.2. The third-order valence-corrected chi connectivity index (χ3v) is 4.73. The summed E-state index contributed by atoms with van der Waals surface area (Å²) in [5.41, 5.74) is 2.48. The quantitative estimate of drug-likeness (QED) is 0.480. The molecular weight excluding hydrogens is 398 g/mol. The minimum atomic E-state index is -0.618. The van der Waals surface area contributed by atoms with Crippen molar-refractivity contribution in [3.63, 3.8) is 0 Å². The number of carbonyl (C=O) groups excluding carboxylic acids is 3. The van der Waals surface area contributed by atoms with E-state index in [1.807, 2.05) is 42.5 Å². The molecule has 1 amide bonds. The largest absolute Gasteiger partial charge is 0.454 e. The van der Waals surface area contributed by atoms with E-state index in [1.54, 1.807) is 12.1 Å². The third kappa shape index (κ3) is 4.40. The maximum atomic E-state index is 12.6. The molecule has 156 valence electrons. The van der Waals surface area contributed by atoms with Crippen molar-refractivity contribution in [2.24, 2.45) is 0 Å². The molecule has 0 bridgehead atoms. The summed E-state index contributed by atoms with van der Waals surface area (Å²) >= 11 is 0. The summed E-state index contributed by atoms with van der Waals surface area (Å²) in [7, 11) is 0. The molecule has 0 aliphatic carbocycles. The molecule has 7 nitrogen and oxygen atoms in total. The average Bonchev–Trinajstić information content (AvgIpc) is 3.25. The zero-order chi connectivity index (χ0) is 21.8. The Morgan fingerprint density at radius 3 is 2.32 bits per heavy atom. The molecule has 0 unspecified atom stereocenters. The summed E-state index contributed by atoms with van der Waals surface area (Å²) in [6.07, 6.45) is 0. The van der Waals surface area contributed by atoms with Crippen LogP contribution in [-0.4, -0.2) is 31.1 Å². The second kappa shape index (κ2) is 8.71. The Balaban J connectivity index is 1.46.